The zero-order chi connectivity index (χ0) is 18.0. The second-order valence-electron chi connectivity index (χ2n) is 7.68. The molecular formula is C22H32N2O+2. The van der Waals surface area contributed by atoms with Gasteiger partial charge in [0.1, 0.15) is 6.54 Å². The third-order valence-electron chi connectivity index (χ3n) is 5.51. The summed E-state index contributed by atoms with van der Waals surface area (Å²) < 4.78 is 10.3. The predicted molar refractivity (Wildman–Crippen MR) is 101 cm³/mol. The molecule has 1 aliphatic rings. The molecule has 3 heteroatoms. The van der Waals surface area contributed by atoms with Crippen LogP contribution in [-0.2, 0) is 18.5 Å². The Morgan fingerprint density at radius 3 is 2.32 bits per heavy atom. The second-order valence-corrected chi connectivity index (χ2v) is 7.68. The number of unbranched alkanes of at least 4 members (excludes halogenated alkanes) is 2. The Bertz CT molecular complexity index is 765. The average Bonchev–Trinajstić information content (AvgIpc) is 2.84. The Kier molecular flexibility index (Phi) is 5.12. The van der Waals surface area contributed by atoms with E-state index >= 15 is 0 Å². The second kappa shape index (κ2) is 7.15. The van der Waals surface area contributed by atoms with Crippen LogP contribution in [0.5, 0.6) is 5.88 Å². The lowest BCUT2D eigenvalue weighted by Crippen LogP contribution is -2.37. The summed E-state index contributed by atoms with van der Waals surface area (Å²) >= 11 is 0. The van der Waals surface area contributed by atoms with Crippen LogP contribution in [0.4, 0.5) is 0 Å². The summed E-state index contributed by atoms with van der Waals surface area (Å²) in [7, 11) is 1.77. The summed E-state index contributed by atoms with van der Waals surface area (Å²) in [6, 6.07) is 4.52. The van der Waals surface area contributed by atoms with Crippen molar-refractivity contribution in [2.75, 3.05) is 7.11 Å². The van der Waals surface area contributed by atoms with E-state index in [1.54, 1.807) is 7.11 Å². The van der Waals surface area contributed by atoms with E-state index in [1.165, 1.54) is 47.9 Å². The molecule has 0 saturated heterocycles. The number of rotatable bonds is 7. The normalized spacial score (nSPS) is 14.3. The summed E-state index contributed by atoms with van der Waals surface area (Å²) in [5.41, 5.74) is 5.55. The van der Waals surface area contributed by atoms with Gasteiger partial charge in [-0.15, -0.1) is 0 Å². The molecule has 0 fully saturated rings. The number of hydrogen-bond donors (Lipinski definition) is 0. The summed E-state index contributed by atoms with van der Waals surface area (Å²) in [4.78, 5) is 0. The molecule has 3 nitrogen and oxygen atoms in total. The number of nitrogens with zero attached hydrogens (tertiary/aromatic N) is 2. The number of pyridine rings is 2. The van der Waals surface area contributed by atoms with Gasteiger partial charge in [0.25, 0.3) is 0 Å². The SMILES string of the molecule is CCCC[n+]1ccc2c(c1)C(C)(C)c1c[n+](CCCC)c(OC)cc1-2. The van der Waals surface area contributed by atoms with Gasteiger partial charge >= 0.3 is 5.88 Å². The number of hydrogen-bond acceptors (Lipinski definition) is 1. The topological polar surface area (TPSA) is 17.0 Å². The van der Waals surface area contributed by atoms with Crippen molar-refractivity contribution in [2.24, 2.45) is 0 Å². The number of fused-ring (bicyclic) bond motifs is 3. The lowest BCUT2D eigenvalue weighted by atomic mass is 9.84. The van der Waals surface area contributed by atoms with Gasteiger partial charge in [-0.3, -0.25) is 0 Å². The highest BCUT2D eigenvalue weighted by Crippen LogP contribution is 2.48. The van der Waals surface area contributed by atoms with Crippen molar-refractivity contribution in [3.63, 3.8) is 0 Å². The molecule has 1 aliphatic carbocycles. The molecule has 0 amide bonds. The quantitative estimate of drug-likeness (QED) is 0.691. The molecule has 0 bridgehead atoms. The van der Waals surface area contributed by atoms with Gasteiger partial charge in [-0.25, -0.2) is 4.57 Å². The van der Waals surface area contributed by atoms with Crippen molar-refractivity contribution in [2.45, 2.75) is 71.9 Å². The molecule has 25 heavy (non-hydrogen) atoms. The minimum atomic E-state index is 0.0279. The Morgan fingerprint density at radius 2 is 1.64 bits per heavy atom. The van der Waals surface area contributed by atoms with Crippen LogP contribution in [0.2, 0.25) is 0 Å². The Hall–Kier alpha value is -1.90. The molecule has 0 unspecified atom stereocenters. The Morgan fingerprint density at radius 1 is 0.960 bits per heavy atom. The Labute approximate surface area is 152 Å². The fraction of sp³-hybridized carbons (Fsp3) is 0.545. The number of methoxy groups -OCH3 is 1. The van der Waals surface area contributed by atoms with Gasteiger partial charge in [-0.2, -0.15) is 4.57 Å². The van der Waals surface area contributed by atoms with E-state index in [2.05, 4.69) is 67.6 Å². The average molecular weight is 341 g/mol. The fourth-order valence-electron chi connectivity index (χ4n) is 3.87. The van der Waals surface area contributed by atoms with E-state index < -0.39 is 0 Å². The molecule has 0 radical (unpaired) electrons. The molecule has 2 heterocycles. The highest BCUT2D eigenvalue weighted by molar-refractivity contribution is 5.79. The number of ether oxygens (including phenoxy) is 1. The standard InChI is InChI=1S/C22H32N2O/c1-6-8-11-23-13-10-17-18-14-21(25-5)24(12-9-7-2)16-20(18)22(3,4)19(17)15-23/h10,13-16H,6-9,11-12H2,1-5H3/q+2. The maximum Gasteiger partial charge on any atom is 0.368 e. The molecule has 0 spiro atoms. The van der Waals surface area contributed by atoms with Crippen LogP contribution in [0.3, 0.4) is 0 Å². The summed E-state index contributed by atoms with van der Waals surface area (Å²) in [5, 5.41) is 0. The lowest BCUT2D eigenvalue weighted by Gasteiger charge is -2.19. The largest absolute Gasteiger partial charge is 0.448 e. The minimum absolute atomic E-state index is 0.0279. The van der Waals surface area contributed by atoms with Crippen LogP contribution < -0.4 is 13.9 Å². The predicted octanol–water partition coefficient (Wildman–Crippen LogP) is 4.18. The first-order valence-corrected chi connectivity index (χ1v) is 9.68. The molecule has 3 rings (SSSR count). The van der Waals surface area contributed by atoms with Crippen LogP contribution >= 0.6 is 0 Å². The summed E-state index contributed by atoms with van der Waals surface area (Å²) in [6.45, 7) is 11.3. The first-order chi connectivity index (χ1) is 12.0. The molecule has 0 N–H and O–H groups in total. The molecule has 0 atom stereocenters. The van der Waals surface area contributed by atoms with Crippen molar-refractivity contribution in [1.29, 1.82) is 0 Å². The van der Waals surface area contributed by atoms with Gasteiger partial charge in [-0.05, 0) is 5.56 Å². The highest BCUT2D eigenvalue weighted by atomic mass is 16.5. The van der Waals surface area contributed by atoms with E-state index in [4.69, 9.17) is 4.74 Å². The maximum absolute atomic E-state index is 5.69. The zero-order valence-corrected chi connectivity index (χ0v) is 16.4. The van der Waals surface area contributed by atoms with Gasteiger partial charge in [0.05, 0.1) is 13.2 Å². The highest BCUT2D eigenvalue weighted by Gasteiger charge is 2.41. The van der Waals surface area contributed by atoms with Crippen molar-refractivity contribution < 1.29 is 13.9 Å². The van der Waals surface area contributed by atoms with E-state index in [-0.39, 0.29) is 5.41 Å². The molecular weight excluding hydrogens is 308 g/mol. The van der Waals surface area contributed by atoms with Crippen molar-refractivity contribution in [3.05, 3.63) is 41.9 Å². The number of aryl methyl sites for hydroxylation is 2. The van der Waals surface area contributed by atoms with E-state index in [0.717, 1.165) is 19.0 Å². The van der Waals surface area contributed by atoms with Gasteiger partial charge in [0, 0.05) is 41.0 Å². The Balaban J connectivity index is 2.07. The molecule has 0 saturated carbocycles. The smallest absolute Gasteiger partial charge is 0.368 e. The summed E-state index contributed by atoms with van der Waals surface area (Å²) in [6.07, 6.45) is 11.7. The maximum atomic E-state index is 5.69. The van der Waals surface area contributed by atoms with Crippen molar-refractivity contribution in [1.82, 2.24) is 0 Å². The van der Waals surface area contributed by atoms with Crippen LogP contribution in [0.1, 0.15) is 64.5 Å². The first kappa shape index (κ1) is 17.9. The third kappa shape index (κ3) is 3.17. The van der Waals surface area contributed by atoms with Gasteiger partial charge in [0.2, 0.25) is 0 Å². The zero-order valence-electron chi connectivity index (χ0n) is 16.4. The van der Waals surface area contributed by atoms with Crippen LogP contribution in [0, 0.1) is 0 Å². The van der Waals surface area contributed by atoms with Crippen molar-refractivity contribution in [3.8, 4) is 17.0 Å². The van der Waals surface area contributed by atoms with Crippen LogP contribution in [0.25, 0.3) is 11.1 Å². The van der Waals surface area contributed by atoms with Crippen LogP contribution in [-0.4, -0.2) is 7.11 Å². The van der Waals surface area contributed by atoms with Crippen LogP contribution in [0.15, 0.2) is 30.7 Å². The van der Waals surface area contributed by atoms with Crippen molar-refractivity contribution >= 4 is 0 Å². The minimum Gasteiger partial charge on any atom is -0.448 e. The van der Waals surface area contributed by atoms with E-state index in [1.807, 2.05) is 0 Å². The molecule has 2 aromatic rings. The molecule has 2 aromatic heterocycles. The molecule has 0 aliphatic heterocycles. The van der Waals surface area contributed by atoms with E-state index in [9.17, 15) is 0 Å². The fourth-order valence-corrected chi connectivity index (χ4v) is 3.87. The van der Waals surface area contributed by atoms with Gasteiger partial charge in [0.15, 0.2) is 25.1 Å². The van der Waals surface area contributed by atoms with E-state index in [0.29, 0.717) is 0 Å². The first-order valence-electron chi connectivity index (χ1n) is 9.68. The number of aromatic nitrogens is 2. The van der Waals surface area contributed by atoms with Gasteiger partial charge in [-0.1, -0.05) is 40.5 Å². The monoisotopic (exact) mass is 340 g/mol. The lowest BCUT2D eigenvalue weighted by molar-refractivity contribution is -0.702. The third-order valence-corrected chi connectivity index (χ3v) is 5.51. The summed E-state index contributed by atoms with van der Waals surface area (Å²) in [5.74, 6) is 0.957. The van der Waals surface area contributed by atoms with Gasteiger partial charge < -0.3 is 4.74 Å². The molecule has 134 valence electrons. The molecule has 0 aromatic carbocycles.